The van der Waals surface area contributed by atoms with Crippen LogP contribution in [0, 0.1) is 0 Å². The minimum atomic E-state index is -0.582. The molecule has 0 bridgehead atoms. The summed E-state index contributed by atoms with van der Waals surface area (Å²) >= 11 is 0. The molecule has 1 aliphatic rings. The lowest BCUT2D eigenvalue weighted by molar-refractivity contribution is 0.117. The maximum Gasteiger partial charge on any atom is 0.509 e. The number of carbonyl (C=O) groups is 1. The third-order valence-electron chi connectivity index (χ3n) is 2.06. The highest BCUT2D eigenvalue weighted by Gasteiger charge is 2.33. The van der Waals surface area contributed by atoms with Gasteiger partial charge in [-0.25, -0.2) is 4.79 Å². The Balaban J connectivity index is 2.23. The van der Waals surface area contributed by atoms with Crippen LogP contribution >= 0.6 is 0 Å². The van der Waals surface area contributed by atoms with E-state index in [1.807, 2.05) is 37.3 Å². The standard InChI is InChI=1S/C10H10O3/c1-7-9(13-10(11)12-7)8-5-3-2-4-6-8/h2-7,9H,1H3/t7-,9+/m1/s1. The third-order valence-corrected chi connectivity index (χ3v) is 2.06. The Morgan fingerprint density at radius 3 is 2.38 bits per heavy atom. The van der Waals surface area contributed by atoms with E-state index in [9.17, 15) is 4.79 Å². The highest BCUT2D eigenvalue weighted by molar-refractivity contribution is 5.62. The van der Waals surface area contributed by atoms with E-state index in [0.29, 0.717) is 0 Å². The van der Waals surface area contributed by atoms with Crippen LogP contribution in [0.1, 0.15) is 18.6 Å². The molecule has 3 nitrogen and oxygen atoms in total. The van der Waals surface area contributed by atoms with E-state index in [4.69, 9.17) is 9.47 Å². The minimum Gasteiger partial charge on any atom is -0.427 e. The van der Waals surface area contributed by atoms with Gasteiger partial charge in [-0.1, -0.05) is 30.3 Å². The zero-order valence-corrected chi connectivity index (χ0v) is 7.27. The molecule has 13 heavy (non-hydrogen) atoms. The molecule has 0 radical (unpaired) electrons. The van der Waals surface area contributed by atoms with E-state index in [1.165, 1.54) is 0 Å². The Labute approximate surface area is 76.3 Å². The Kier molecular flexibility index (Phi) is 1.93. The smallest absolute Gasteiger partial charge is 0.427 e. The quantitative estimate of drug-likeness (QED) is 0.619. The first-order chi connectivity index (χ1) is 6.27. The van der Waals surface area contributed by atoms with E-state index < -0.39 is 6.16 Å². The first-order valence-electron chi connectivity index (χ1n) is 4.19. The number of ether oxygens (including phenoxy) is 2. The Hall–Kier alpha value is -1.51. The normalized spacial score (nSPS) is 26.7. The molecule has 1 heterocycles. The molecule has 0 amide bonds. The van der Waals surface area contributed by atoms with Gasteiger partial charge in [0.05, 0.1) is 0 Å². The van der Waals surface area contributed by atoms with Crippen LogP contribution in [0.2, 0.25) is 0 Å². The van der Waals surface area contributed by atoms with E-state index in [2.05, 4.69) is 0 Å². The van der Waals surface area contributed by atoms with Crippen LogP contribution in [-0.2, 0) is 9.47 Å². The molecule has 1 aromatic rings. The van der Waals surface area contributed by atoms with Crippen molar-refractivity contribution in [3.8, 4) is 0 Å². The summed E-state index contributed by atoms with van der Waals surface area (Å²) in [4.78, 5) is 10.8. The summed E-state index contributed by atoms with van der Waals surface area (Å²) in [5.74, 6) is 0. The number of carbonyl (C=O) groups excluding carboxylic acids is 1. The van der Waals surface area contributed by atoms with E-state index in [-0.39, 0.29) is 12.2 Å². The van der Waals surface area contributed by atoms with Gasteiger partial charge in [0.2, 0.25) is 0 Å². The summed E-state index contributed by atoms with van der Waals surface area (Å²) in [6, 6.07) is 9.58. The van der Waals surface area contributed by atoms with Crippen molar-refractivity contribution in [2.24, 2.45) is 0 Å². The average Bonchev–Trinajstić information content (AvgIpc) is 2.47. The predicted molar refractivity (Wildman–Crippen MR) is 46.2 cm³/mol. The van der Waals surface area contributed by atoms with Crippen LogP contribution in [0.3, 0.4) is 0 Å². The minimum absolute atomic E-state index is 0.199. The molecule has 0 aromatic heterocycles. The van der Waals surface area contributed by atoms with Crippen LogP contribution in [0.15, 0.2) is 30.3 Å². The van der Waals surface area contributed by atoms with Crippen molar-refractivity contribution in [2.75, 3.05) is 0 Å². The fraction of sp³-hybridized carbons (Fsp3) is 0.300. The van der Waals surface area contributed by atoms with Crippen molar-refractivity contribution in [1.29, 1.82) is 0 Å². The molecule has 1 fully saturated rings. The van der Waals surface area contributed by atoms with Crippen LogP contribution in [0.5, 0.6) is 0 Å². The third kappa shape index (κ3) is 1.49. The van der Waals surface area contributed by atoms with Crippen molar-refractivity contribution >= 4 is 6.16 Å². The summed E-state index contributed by atoms with van der Waals surface area (Å²) in [5.41, 5.74) is 0.973. The lowest BCUT2D eigenvalue weighted by Crippen LogP contribution is -2.09. The molecule has 0 spiro atoms. The van der Waals surface area contributed by atoms with Crippen molar-refractivity contribution in [2.45, 2.75) is 19.1 Å². The van der Waals surface area contributed by atoms with Gasteiger partial charge in [0.1, 0.15) is 6.10 Å². The van der Waals surface area contributed by atoms with E-state index in [0.717, 1.165) is 5.56 Å². The molecule has 1 aliphatic heterocycles. The zero-order valence-electron chi connectivity index (χ0n) is 7.27. The van der Waals surface area contributed by atoms with E-state index in [1.54, 1.807) is 0 Å². The first-order valence-corrected chi connectivity index (χ1v) is 4.19. The van der Waals surface area contributed by atoms with Gasteiger partial charge in [-0.15, -0.1) is 0 Å². The Morgan fingerprint density at radius 1 is 1.15 bits per heavy atom. The molecule has 2 atom stereocenters. The second-order valence-corrected chi connectivity index (χ2v) is 3.02. The highest BCUT2D eigenvalue weighted by atomic mass is 16.8. The van der Waals surface area contributed by atoms with Gasteiger partial charge in [-0.05, 0) is 12.5 Å². The second kappa shape index (κ2) is 3.09. The number of hydrogen-bond acceptors (Lipinski definition) is 3. The zero-order chi connectivity index (χ0) is 9.26. The fourth-order valence-corrected chi connectivity index (χ4v) is 1.42. The highest BCUT2D eigenvalue weighted by Crippen LogP contribution is 2.29. The van der Waals surface area contributed by atoms with Crippen molar-refractivity contribution in [1.82, 2.24) is 0 Å². The molecule has 0 aliphatic carbocycles. The largest absolute Gasteiger partial charge is 0.509 e. The molecule has 0 unspecified atom stereocenters. The van der Waals surface area contributed by atoms with Gasteiger partial charge in [0.15, 0.2) is 6.10 Å². The maximum absolute atomic E-state index is 10.8. The van der Waals surface area contributed by atoms with Gasteiger partial charge in [-0.3, -0.25) is 0 Å². The molecule has 68 valence electrons. The Morgan fingerprint density at radius 2 is 1.85 bits per heavy atom. The van der Waals surface area contributed by atoms with Gasteiger partial charge < -0.3 is 9.47 Å². The molecule has 1 saturated heterocycles. The van der Waals surface area contributed by atoms with Crippen molar-refractivity contribution < 1.29 is 14.3 Å². The van der Waals surface area contributed by atoms with E-state index >= 15 is 0 Å². The molecule has 3 heteroatoms. The SMILES string of the molecule is C[C@H]1OC(=O)O[C@@H]1c1ccccc1. The number of rotatable bonds is 1. The van der Waals surface area contributed by atoms with Crippen LogP contribution in [0.4, 0.5) is 4.79 Å². The van der Waals surface area contributed by atoms with Crippen molar-refractivity contribution in [3.63, 3.8) is 0 Å². The number of hydrogen-bond donors (Lipinski definition) is 0. The van der Waals surface area contributed by atoms with Crippen LogP contribution in [-0.4, -0.2) is 12.3 Å². The lowest BCUT2D eigenvalue weighted by Gasteiger charge is -2.10. The summed E-state index contributed by atoms with van der Waals surface area (Å²) in [5, 5.41) is 0. The van der Waals surface area contributed by atoms with Crippen molar-refractivity contribution in [3.05, 3.63) is 35.9 Å². The number of benzene rings is 1. The summed E-state index contributed by atoms with van der Waals surface area (Å²) in [6.45, 7) is 1.82. The molecule has 2 rings (SSSR count). The number of cyclic esters (lactones) is 2. The monoisotopic (exact) mass is 178 g/mol. The maximum atomic E-state index is 10.8. The van der Waals surface area contributed by atoms with Gasteiger partial charge in [0, 0.05) is 0 Å². The van der Waals surface area contributed by atoms with Gasteiger partial charge in [-0.2, -0.15) is 0 Å². The predicted octanol–water partition coefficient (Wildman–Crippen LogP) is 2.28. The fourth-order valence-electron chi connectivity index (χ4n) is 1.42. The molecular formula is C10H10O3. The summed E-state index contributed by atoms with van der Waals surface area (Å²) in [6.07, 6.45) is -1.04. The molecule has 1 aromatic carbocycles. The second-order valence-electron chi connectivity index (χ2n) is 3.02. The first kappa shape index (κ1) is 8.10. The molecule has 0 saturated carbocycles. The Bertz CT molecular complexity index is 307. The average molecular weight is 178 g/mol. The molecular weight excluding hydrogens is 168 g/mol. The van der Waals surface area contributed by atoms with Gasteiger partial charge >= 0.3 is 6.16 Å². The lowest BCUT2D eigenvalue weighted by atomic mass is 10.1. The van der Waals surface area contributed by atoms with Crippen LogP contribution < -0.4 is 0 Å². The topological polar surface area (TPSA) is 35.5 Å². The van der Waals surface area contributed by atoms with Gasteiger partial charge in [0.25, 0.3) is 0 Å². The molecule has 0 N–H and O–H groups in total. The summed E-state index contributed by atoms with van der Waals surface area (Å²) in [7, 11) is 0. The summed E-state index contributed by atoms with van der Waals surface area (Å²) < 4.78 is 9.87. The van der Waals surface area contributed by atoms with Crippen LogP contribution in [0.25, 0.3) is 0 Å².